The molecule has 1 heterocycles. The lowest BCUT2D eigenvalue weighted by atomic mass is 10.1. The van der Waals surface area contributed by atoms with Gasteiger partial charge in [0.2, 0.25) is 0 Å². The van der Waals surface area contributed by atoms with Crippen LogP contribution < -0.4 is 0 Å². The maximum absolute atomic E-state index is 10.6. The van der Waals surface area contributed by atoms with E-state index in [2.05, 4.69) is 11.1 Å². The topological polar surface area (TPSA) is 32.9 Å². The second-order valence-corrected chi connectivity index (χ2v) is 2.89. The average molecular weight is 151 g/mol. The number of Topliss-reactive ketones (excluding diaryl/α,β-unsaturated/α-hetero) is 1. The van der Waals surface area contributed by atoms with E-state index < -0.39 is 0 Å². The second kappa shape index (κ2) is 3.37. The van der Waals surface area contributed by atoms with Gasteiger partial charge in [0, 0.05) is 18.3 Å². The van der Waals surface area contributed by atoms with Gasteiger partial charge in [-0.05, 0) is 31.9 Å². The maximum atomic E-state index is 10.6. The van der Waals surface area contributed by atoms with Crippen molar-refractivity contribution >= 4 is 5.78 Å². The highest BCUT2D eigenvalue weighted by Gasteiger charge is 1.97. The summed E-state index contributed by atoms with van der Waals surface area (Å²) < 4.78 is 0. The first kappa shape index (κ1) is 8.05. The summed E-state index contributed by atoms with van der Waals surface area (Å²) in [4.78, 5) is 13.7. The van der Waals surface area contributed by atoms with Crippen molar-refractivity contribution in [3.63, 3.8) is 0 Å². The number of aromatic amines is 1. The molecule has 1 rings (SSSR count). The molecule has 11 heavy (non-hydrogen) atoms. The number of ketones is 1. The molecule has 0 amide bonds. The fraction of sp³-hybridized carbons (Fsp3) is 0.444. The molecule has 1 aromatic heterocycles. The predicted molar refractivity (Wildman–Crippen MR) is 44.5 cm³/mol. The highest BCUT2D eigenvalue weighted by Crippen LogP contribution is 2.04. The molecule has 1 N–H and O–H groups in total. The number of aryl methyl sites for hydroxylation is 2. The standard InChI is InChI=1S/C9H13NO/c1-7-5-9(6-10-7)4-3-8(2)11/h5-6,10H,3-4H2,1-2H3. The summed E-state index contributed by atoms with van der Waals surface area (Å²) in [6.07, 6.45) is 3.47. The first-order valence-corrected chi connectivity index (χ1v) is 3.82. The SMILES string of the molecule is CC(=O)CCc1c[nH]c(C)c1. The van der Waals surface area contributed by atoms with E-state index in [0.29, 0.717) is 6.42 Å². The molecule has 0 aliphatic rings. The number of rotatable bonds is 3. The minimum Gasteiger partial charge on any atom is -0.365 e. The van der Waals surface area contributed by atoms with Crippen LogP contribution in [0.2, 0.25) is 0 Å². The van der Waals surface area contributed by atoms with Gasteiger partial charge in [-0.3, -0.25) is 0 Å². The molecule has 0 fully saturated rings. The van der Waals surface area contributed by atoms with Crippen molar-refractivity contribution in [1.29, 1.82) is 0 Å². The summed E-state index contributed by atoms with van der Waals surface area (Å²) in [7, 11) is 0. The lowest BCUT2D eigenvalue weighted by molar-refractivity contribution is -0.116. The van der Waals surface area contributed by atoms with E-state index in [1.807, 2.05) is 13.1 Å². The molecule has 2 heteroatoms. The monoisotopic (exact) mass is 151 g/mol. The summed E-state index contributed by atoms with van der Waals surface area (Å²) >= 11 is 0. The van der Waals surface area contributed by atoms with Crippen LogP contribution in [0.5, 0.6) is 0 Å². The van der Waals surface area contributed by atoms with Crippen molar-refractivity contribution in [3.05, 3.63) is 23.5 Å². The number of nitrogens with one attached hydrogen (secondary N) is 1. The van der Waals surface area contributed by atoms with Crippen LogP contribution in [0.15, 0.2) is 12.3 Å². The molecule has 0 saturated heterocycles. The van der Waals surface area contributed by atoms with Gasteiger partial charge in [-0.2, -0.15) is 0 Å². The minimum absolute atomic E-state index is 0.254. The van der Waals surface area contributed by atoms with Gasteiger partial charge in [-0.15, -0.1) is 0 Å². The molecule has 0 aliphatic carbocycles. The summed E-state index contributed by atoms with van der Waals surface area (Å²) in [6, 6.07) is 2.07. The molecule has 0 atom stereocenters. The second-order valence-electron chi connectivity index (χ2n) is 2.89. The van der Waals surface area contributed by atoms with E-state index in [4.69, 9.17) is 0 Å². The molecule has 0 radical (unpaired) electrons. The first-order chi connectivity index (χ1) is 5.18. The molecular formula is C9H13NO. The van der Waals surface area contributed by atoms with E-state index in [9.17, 15) is 4.79 Å². The zero-order valence-corrected chi connectivity index (χ0v) is 6.98. The van der Waals surface area contributed by atoms with Crippen LogP contribution >= 0.6 is 0 Å². The van der Waals surface area contributed by atoms with E-state index >= 15 is 0 Å². The van der Waals surface area contributed by atoms with Gasteiger partial charge in [-0.25, -0.2) is 0 Å². The fourth-order valence-electron chi connectivity index (χ4n) is 1.03. The zero-order valence-electron chi connectivity index (χ0n) is 6.98. The van der Waals surface area contributed by atoms with Crippen LogP contribution in [-0.2, 0) is 11.2 Å². The Morgan fingerprint density at radius 2 is 2.36 bits per heavy atom. The van der Waals surface area contributed by atoms with Crippen molar-refractivity contribution < 1.29 is 4.79 Å². The quantitative estimate of drug-likeness (QED) is 0.702. The zero-order chi connectivity index (χ0) is 8.27. The van der Waals surface area contributed by atoms with Gasteiger partial charge < -0.3 is 9.78 Å². The number of hydrogen-bond donors (Lipinski definition) is 1. The molecule has 0 spiro atoms. The van der Waals surface area contributed by atoms with Crippen molar-refractivity contribution in [2.45, 2.75) is 26.7 Å². The minimum atomic E-state index is 0.254. The molecule has 0 aromatic carbocycles. The number of aromatic nitrogens is 1. The largest absolute Gasteiger partial charge is 0.365 e. The molecule has 60 valence electrons. The van der Waals surface area contributed by atoms with Crippen LogP contribution in [0.1, 0.15) is 24.6 Å². The van der Waals surface area contributed by atoms with Gasteiger partial charge in [0.15, 0.2) is 0 Å². The highest BCUT2D eigenvalue weighted by atomic mass is 16.1. The third-order valence-electron chi connectivity index (χ3n) is 1.65. The van der Waals surface area contributed by atoms with Crippen molar-refractivity contribution in [3.8, 4) is 0 Å². The molecule has 0 saturated carbocycles. The number of carbonyl (C=O) groups is 1. The van der Waals surface area contributed by atoms with Crippen LogP contribution in [0, 0.1) is 6.92 Å². The summed E-state index contributed by atoms with van der Waals surface area (Å²) in [6.45, 7) is 3.64. The molecule has 2 nitrogen and oxygen atoms in total. The summed E-state index contributed by atoms with van der Waals surface area (Å²) in [5.41, 5.74) is 2.38. The van der Waals surface area contributed by atoms with Crippen molar-refractivity contribution in [2.24, 2.45) is 0 Å². The van der Waals surface area contributed by atoms with Gasteiger partial charge in [0.25, 0.3) is 0 Å². The highest BCUT2D eigenvalue weighted by molar-refractivity contribution is 5.75. The lowest BCUT2D eigenvalue weighted by Gasteiger charge is -1.91. The Kier molecular flexibility index (Phi) is 2.47. The molecule has 1 aromatic rings. The van der Waals surface area contributed by atoms with E-state index in [-0.39, 0.29) is 5.78 Å². The van der Waals surface area contributed by atoms with E-state index in [0.717, 1.165) is 12.1 Å². The summed E-state index contributed by atoms with van der Waals surface area (Å²) in [5, 5.41) is 0. The molecule has 0 unspecified atom stereocenters. The van der Waals surface area contributed by atoms with Gasteiger partial charge in [0.1, 0.15) is 5.78 Å². The normalized spacial score (nSPS) is 10.0. The number of H-pyrrole nitrogens is 1. The van der Waals surface area contributed by atoms with Crippen LogP contribution in [0.4, 0.5) is 0 Å². The number of hydrogen-bond acceptors (Lipinski definition) is 1. The molecular weight excluding hydrogens is 138 g/mol. The van der Waals surface area contributed by atoms with E-state index in [1.54, 1.807) is 6.92 Å². The van der Waals surface area contributed by atoms with Crippen LogP contribution in [0.25, 0.3) is 0 Å². The molecule has 0 bridgehead atoms. The number of carbonyl (C=O) groups excluding carboxylic acids is 1. The van der Waals surface area contributed by atoms with Gasteiger partial charge in [0.05, 0.1) is 0 Å². The Bertz CT molecular complexity index is 250. The van der Waals surface area contributed by atoms with Gasteiger partial charge in [-0.1, -0.05) is 0 Å². The van der Waals surface area contributed by atoms with Crippen molar-refractivity contribution in [2.75, 3.05) is 0 Å². The smallest absolute Gasteiger partial charge is 0.130 e. The Balaban J connectivity index is 2.45. The Hall–Kier alpha value is -1.05. The van der Waals surface area contributed by atoms with E-state index in [1.165, 1.54) is 5.56 Å². The third-order valence-corrected chi connectivity index (χ3v) is 1.65. The Morgan fingerprint density at radius 3 is 2.82 bits per heavy atom. The Labute approximate surface area is 66.6 Å². The lowest BCUT2D eigenvalue weighted by Crippen LogP contribution is -1.91. The van der Waals surface area contributed by atoms with Crippen LogP contribution in [-0.4, -0.2) is 10.8 Å². The maximum Gasteiger partial charge on any atom is 0.130 e. The predicted octanol–water partition coefficient (Wildman–Crippen LogP) is 1.84. The summed E-state index contributed by atoms with van der Waals surface area (Å²) in [5.74, 6) is 0.254. The fourth-order valence-corrected chi connectivity index (χ4v) is 1.03. The van der Waals surface area contributed by atoms with Crippen molar-refractivity contribution in [1.82, 2.24) is 4.98 Å². The average Bonchev–Trinajstić information content (AvgIpc) is 2.31. The van der Waals surface area contributed by atoms with Gasteiger partial charge >= 0.3 is 0 Å². The molecule has 0 aliphatic heterocycles. The third kappa shape index (κ3) is 2.58. The van der Waals surface area contributed by atoms with Crippen LogP contribution in [0.3, 0.4) is 0 Å². The Morgan fingerprint density at radius 1 is 1.64 bits per heavy atom. The first-order valence-electron chi connectivity index (χ1n) is 3.82.